The van der Waals surface area contributed by atoms with Crippen LogP contribution in [-0.4, -0.2) is 14.5 Å². The Balaban J connectivity index is 2.73. The van der Waals surface area contributed by atoms with Crippen LogP contribution in [0.1, 0.15) is 31.4 Å². The van der Waals surface area contributed by atoms with Crippen molar-refractivity contribution in [2.75, 3.05) is 0 Å². The lowest BCUT2D eigenvalue weighted by Gasteiger charge is -2.12. The maximum absolute atomic E-state index is 11.8. The quantitative estimate of drug-likeness (QED) is 0.859. The van der Waals surface area contributed by atoms with Gasteiger partial charge in [-0.05, 0) is 25.8 Å². The highest BCUT2D eigenvalue weighted by molar-refractivity contribution is 7.88. The zero-order chi connectivity index (χ0) is 12.2. The summed E-state index contributed by atoms with van der Waals surface area (Å²) in [5, 5.41) is 0. The third kappa shape index (κ3) is 4.33. The third-order valence-corrected chi connectivity index (χ3v) is 3.91. The first-order valence-electron chi connectivity index (χ1n) is 5.48. The predicted molar refractivity (Wildman–Crippen MR) is 66.7 cm³/mol. The first-order valence-corrected chi connectivity index (χ1v) is 7.13. The Kier molecular flexibility index (Phi) is 4.50. The number of aryl methyl sites for hydroxylation is 1. The number of hydrogen-bond acceptors (Lipinski definition) is 2. The SMILES string of the molecule is CC[C@H](C)NS(=O)(=O)Cc1cccc(C)c1. The van der Waals surface area contributed by atoms with Crippen LogP contribution >= 0.6 is 0 Å². The Morgan fingerprint density at radius 3 is 2.62 bits per heavy atom. The highest BCUT2D eigenvalue weighted by Gasteiger charge is 2.13. The van der Waals surface area contributed by atoms with Gasteiger partial charge in [0, 0.05) is 6.04 Å². The highest BCUT2D eigenvalue weighted by atomic mass is 32.2. The molecule has 1 rings (SSSR count). The van der Waals surface area contributed by atoms with Crippen molar-refractivity contribution in [1.29, 1.82) is 0 Å². The number of nitrogens with one attached hydrogen (secondary N) is 1. The molecule has 0 saturated heterocycles. The van der Waals surface area contributed by atoms with Crippen LogP contribution in [0, 0.1) is 6.92 Å². The number of hydrogen-bond donors (Lipinski definition) is 1. The van der Waals surface area contributed by atoms with E-state index in [0.29, 0.717) is 0 Å². The average Bonchev–Trinajstić information content (AvgIpc) is 2.15. The molecule has 0 heterocycles. The van der Waals surface area contributed by atoms with Gasteiger partial charge in [-0.15, -0.1) is 0 Å². The standard InChI is InChI=1S/C12H19NO2S/c1-4-11(3)13-16(14,15)9-12-7-5-6-10(2)8-12/h5-8,11,13H,4,9H2,1-3H3/t11-/m0/s1. The number of rotatable bonds is 5. The van der Waals surface area contributed by atoms with Gasteiger partial charge in [-0.1, -0.05) is 36.8 Å². The molecule has 1 atom stereocenters. The molecule has 0 aliphatic rings. The zero-order valence-corrected chi connectivity index (χ0v) is 10.8. The Labute approximate surface area is 97.9 Å². The molecule has 0 radical (unpaired) electrons. The van der Waals surface area contributed by atoms with Crippen molar-refractivity contribution in [1.82, 2.24) is 4.72 Å². The summed E-state index contributed by atoms with van der Waals surface area (Å²) in [6.07, 6.45) is 0.799. The van der Waals surface area contributed by atoms with Crippen molar-refractivity contribution >= 4 is 10.0 Å². The molecule has 0 bridgehead atoms. The fourth-order valence-corrected chi connectivity index (χ4v) is 2.93. The molecule has 0 spiro atoms. The lowest BCUT2D eigenvalue weighted by atomic mass is 10.2. The Bertz CT molecular complexity index is 440. The van der Waals surface area contributed by atoms with E-state index in [4.69, 9.17) is 0 Å². The minimum absolute atomic E-state index is 0.00481. The molecule has 16 heavy (non-hydrogen) atoms. The van der Waals surface area contributed by atoms with E-state index < -0.39 is 10.0 Å². The lowest BCUT2D eigenvalue weighted by Crippen LogP contribution is -2.32. The summed E-state index contributed by atoms with van der Waals surface area (Å²) in [6, 6.07) is 7.56. The molecule has 1 aromatic rings. The second-order valence-corrected chi connectivity index (χ2v) is 5.93. The lowest BCUT2D eigenvalue weighted by molar-refractivity contribution is 0.555. The van der Waals surface area contributed by atoms with E-state index in [1.165, 1.54) is 0 Å². The summed E-state index contributed by atoms with van der Waals surface area (Å²) >= 11 is 0. The van der Waals surface area contributed by atoms with E-state index >= 15 is 0 Å². The van der Waals surface area contributed by atoms with Crippen LogP contribution in [0.15, 0.2) is 24.3 Å². The maximum atomic E-state index is 11.8. The maximum Gasteiger partial charge on any atom is 0.216 e. The molecule has 1 N–H and O–H groups in total. The molecule has 90 valence electrons. The molecule has 0 saturated carbocycles. The zero-order valence-electron chi connectivity index (χ0n) is 10.0. The summed E-state index contributed by atoms with van der Waals surface area (Å²) in [4.78, 5) is 0. The van der Waals surface area contributed by atoms with Crippen molar-refractivity contribution in [3.05, 3.63) is 35.4 Å². The Morgan fingerprint density at radius 1 is 1.38 bits per heavy atom. The minimum atomic E-state index is -3.21. The molecule has 0 amide bonds. The molecule has 0 aromatic heterocycles. The normalized spacial score (nSPS) is 13.7. The van der Waals surface area contributed by atoms with Gasteiger partial charge in [0.1, 0.15) is 0 Å². The monoisotopic (exact) mass is 241 g/mol. The van der Waals surface area contributed by atoms with Crippen LogP contribution < -0.4 is 4.72 Å². The largest absolute Gasteiger partial charge is 0.216 e. The molecule has 3 nitrogen and oxygen atoms in total. The van der Waals surface area contributed by atoms with Gasteiger partial charge in [0.15, 0.2) is 0 Å². The molecule has 0 unspecified atom stereocenters. The van der Waals surface area contributed by atoms with E-state index in [-0.39, 0.29) is 11.8 Å². The van der Waals surface area contributed by atoms with Crippen LogP contribution in [0.3, 0.4) is 0 Å². The van der Waals surface area contributed by atoms with Crippen LogP contribution in [0.25, 0.3) is 0 Å². The van der Waals surface area contributed by atoms with Crippen molar-refractivity contribution in [2.24, 2.45) is 0 Å². The van der Waals surface area contributed by atoms with E-state index in [1.54, 1.807) is 0 Å². The molecule has 4 heteroatoms. The summed E-state index contributed by atoms with van der Waals surface area (Å²) < 4.78 is 26.2. The molecular formula is C12H19NO2S. The van der Waals surface area contributed by atoms with Crippen molar-refractivity contribution in [3.63, 3.8) is 0 Å². The van der Waals surface area contributed by atoms with E-state index in [1.807, 2.05) is 45.0 Å². The van der Waals surface area contributed by atoms with Gasteiger partial charge < -0.3 is 0 Å². The first-order chi connectivity index (χ1) is 7.43. The van der Waals surface area contributed by atoms with Gasteiger partial charge in [-0.25, -0.2) is 13.1 Å². The number of sulfonamides is 1. The highest BCUT2D eigenvalue weighted by Crippen LogP contribution is 2.08. The van der Waals surface area contributed by atoms with Crippen molar-refractivity contribution < 1.29 is 8.42 Å². The van der Waals surface area contributed by atoms with Gasteiger partial charge in [-0.2, -0.15) is 0 Å². The summed E-state index contributed by atoms with van der Waals surface area (Å²) in [7, 11) is -3.21. The van der Waals surface area contributed by atoms with Gasteiger partial charge >= 0.3 is 0 Å². The van der Waals surface area contributed by atoms with Gasteiger partial charge in [0.25, 0.3) is 0 Å². The second kappa shape index (κ2) is 5.46. The summed E-state index contributed by atoms with van der Waals surface area (Å²) in [6.45, 7) is 5.78. The third-order valence-electron chi connectivity index (χ3n) is 2.43. The van der Waals surface area contributed by atoms with Crippen LogP contribution in [0.5, 0.6) is 0 Å². The molecule has 0 fully saturated rings. The molecular weight excluding hydrogens is 222 g/mol. The van der Waals surface area contributed by atoms with E-state index in [2.05, 4.69) is 4.72 Å². The minimum Gasteiger partial charge on any atom is -0.212 e. The van der Waals surface area contributed by atoms with Gasteiger partial charge in [0.2, 0.25) is 10.0 Å². The van der Waals surface area contributed by atoms with E-state index in [0.717, 1.165) is 17.5 Å². The fourth-order valence-electron chi connectivity index (χ4n) is 1.45. The van der Waals surface area contributed by atoms with Crippen LogP contribution in [0.4, 0.5) is 0 Å². The number of benzene rings is 1. The van der Waals surface area contributed by atoms with Crippen molar-refractivity contribution in [3.8, 4) is 0 Å². The summed E-state index contributed by atoms with van der Waals surface area (Å²) in [5.74, 6) is 0.0546. The van der Waals surface area contributed by atoms with Crippen molar-refractivity contribution in [2.45, 2.75) is 39.0 Å². The predicted octanol–water partition coefficient (Wildman–Crippen LogP) is 2.21. The van der Waals surface area contributed by atoms with Gasteiger partial charge in [-0.3, -0.25) is 0 Å². The molecule has 1 aromatic carbocycles. The van der Waals surface area contributed by atoms with Gasteiger partial charge in [0.05, 0.1) is 5.75 Å². The van der Waals surface area contributed by atoms with E-state index in [9.17, 15) is 8.42 Å². The average molecular weight is 241 g/mol. The van der Waals surface area contributed by atoms with Crippen LogP contribution in [-0.2, 0) is 15.8 Å². The Morgan fingerprint density at radius 2 is 2.06 bits per heavy atom. The molecule has 0 aliphatic heterocycles. The summed E-state index contributed by atoms with van der Waals surface area (Å²) in [5.41, 5.74) is 1.91. The van der Waals surface area contributed by atoms with Crippen LogP contribution in [0.2, 0.25) is 0 Å². The molecule has 0 aliphatic carbocycles. The second-order valence-electron chi connectivity index (χ2n) is 4.18. The topological polar surface area (TPSA) is 46.2 Å². The smallest absolute Gasteiger partial charge is 0.212 e. The Hall–Kier alpha value is -0.870. The fraction of sp³-hybridized carbons (Fsp3) is 0.500. The first kappa shape index (κ1) is 13.2.